The van der Waals surface area contributed by atoms with Crippen LogP contribution in [0.5, 0.6) is 0 Å². The number of nitrogens with zero attached hydrogens (tertiary/aromatic N) is 1. The highest BCUT2D eigenvalue weighted by atomic mass is 32.2. The fraction of sp³-hybridized carbons (Fsp3) is 0.556. The van der Waals surface area contributed by atoms with Crippen LogP contribution in [0.2, 0.25) is 0 Å². The molecule has 1 saturated heterocycles. The number of carbonyl (C=O) groups is 2. The third-order valence-corrected chi connectivity index (χ3v) is 5.39. The maximum absolute atomic E-state index is 12.6. The first-order valence-electron chi connectivity index (χ1n) is 8.38. The summed E-state index contributed by atoms with van der Waals surface area (Å²) in [6, 6.07) is 7.50. The molecule has 1 aromatic rings. The van der Waals surface area contributed by atoms with E-state index >= 15 is 0 Å². The largest absolute Gasteiger partial charge is 0.393 e. The van der Waals surface area contributed by atoms with Gasteiger partial charge in [-0.3, -0.25) is 9.59 Å². The minimum absolute atomic E-state index is 0.100. The van der Waals surface area contributed by atoms with Crippen LogP contribution in [0.25, 0.3) is 0 Å². The van der Waals surface area contributed by atoms with Gasteiger partial charge in [-0.1, -0.05) is 0 Å². The third kappa shape index (κ3) is 5.24. The molecule has 1 aromatic carbocycles. The van der Waals surface area contributed by atoms with E-state index in [0.717, 1.165) is 30.0 Å². The predicted molar refractivity (Wildman–Crippen MR) is 97.0 cm³/mol. The highest BCUT2D eigenvalue weighted by Crippen LogP contribution is 2.28. The Labute approximate surface area is 147 Å². The fourth-order valence-electron chi connectivity index (χ4n) is 2.94. The number of thioether (sulfide) groups is 1. The SMILES string of the molecule is CC(=O)Nc1ccc(S[C@H](C)C(=O)N2CCC[C@@H]([C@H](C)O)C2)cc1. The Bertz CT molecular complexity index is 574. The normalized spacial score (nSPS) is 20.3. The van der Waals surface area contributed by atoms with E-state index in [-0.39, 0.29) is 29.1 Å². The summed E-state index contributed by atoms with van der Waals surface area (Å²) in [6.45, 7) is 6.61. The van der Waals surface area contributed by atoms with Crippen LogP contribution in [-0.4, -0.2) is 46.3 Å². The van der Waals surface area contributed by atoms with Crippen LogP contribution < -0.4 is 5.32 Å². The second-order valence-corrected chi connectivity index (χ2v) is 7.81. The molecule has 1 fully saturated rings. The van der Waals surface area contributed by atoms with Crippen LogP contribution in [0, 0.1) is 5.92 Å². The highest BCUT2D eigenvalue weighted by molar-refractivity contribution is 8.00. The summed E-state index contributed by atoms with van der Waals surface area (Å²) in [5, 5.41) is 12.3. The molecular weight excluding hydrogens is 324 g/mol. The standard InChI is InChI=1S/C18H26N2O3S/c1-12(21)15-5-4-10-20(11-15)18(23)13(2)24-17-8-6-16(7-9-17)19-14(3)22/h6-9,12-13,15,21H,4-5,10-11H2,1-3H3,(H,19,22)/t12-,13+,15+/m0/s1. The second-order valence-electron chi connectivity index (χ2n) is 6.39. The number of hydrogen-bond acceptors (Lipinski definition) is 4. The van der Waals surface area contributed by atoms with Gasteiger partial charge < -0.3 is 15.3 Å². The Balaban J connectivity index is 1.92. The van der Waals surface area contributed by atoms with Gasteiger partial charge in [-0.15, -0.1) is 11.8 Å². The van der Waals surface area contributed by atoms with E-state index in [9.17, 15) is 14.7 Å². The summed E-state index contributed by atoms with van der Waals surface area (Å²) in [6.07, 6.45) is 1.56. The minimum Gasteiger partial charge on any atom is -0.393 e. The Hall–Kier alpha value is -1.53. The molecule has 0 saturated carbocycles. The smallest absolute Gasteiger partial charge is 0.235 e. The molecule has 132 valence electrons. The Kier molecular flexibility index (Phi) is 6.69. The molecule has 0 aliphatic carbocycles. The van der Waals surface area contributed by atoms with Crippen LogP contribution in [-0.2, 0) is 9.59 Å². The number of amides is 2. The van der Waals surface area contributed by atoms with E-state index in [1.54, 1.807) is 6.92 Å². The summed E-state index contributed by atoms with van der Waals surface area (Å²) in [7, 11) is 0. The molecule has 24 heavy (non-hydrogen) atoms. The van der Waals surface area contributed by atoms with E-state index < -0.39 is 0 Å². The van der Waals surface area contributed by atoms with Gasteiger partial charge in [0.05, 0.1) is 11.4 Å². The van der Waals surface area contributed by atoms with Crippen molar-refractivity contribution in [1.82, 2.24) is 4.90 Å². The Morgan fingerprint density at radius 1 is 1.29 bits per heavy atom. The third-order valence-electron chi connectivity index (χ3n) is 4.29. The lowest BCUT2D eigenvalue weighted by atomic mass is 9.93. The number of rotatable bonds is 5. The van der Waals surface area contributed by atoms with E-state index in [1.165, 1.54) is 18.7 Å². The maximum atomic E-state index is 12.6. The van der Waals surface area contributed by atoms with Gasteiger partial charge in [-0.05, 0) is 51.0 Å². The van der Waals surface area contributed by atoms with Crippen LogP contribution in [0.15, 0.2) is 29.2 Å². The molecule has 2 amide bonds. The number of benzene rings is 1. The summed E-state index contributed by atoms with van der Waals surface area (Å²) in [5.74, 6) is 0.199. The molecule has 6 heteroatoms. The topological polar surface area (TPSA) is 69.6 Å². The molecule has 0 spiro atoms. The van der Waals surface area contributed by atoms with Crippen molar-refractivity contribution in [3.63, 3.8) is 0 Å². The Morgan fingerprint density at radius 2 is 1.96 bits per heavy atom. The summed E-state index contributed by atoms with van der Waals surface area (Å²) in [5.41, 5.74) is 0.752. The van der Waals surface area contributed by atoms with E-state index in [1.807, 2.05) is 36.1 Å². The van der Waals surface area contributed by atoms with E-state index in [2.05, 4.69) is 5.32 Å². The average Bonchev–Trinajstić information content (AvgIpc) is 2.55. The number of anilines is 1. The predicted octanol–water partition coefficient (Wildman–Crippen LogP) is 2.75. The zero-order valence-electron chi connectivity index (χ0n) is 14.5. The lowest BCUT2D eigenvalue weighted by molar-refractivity contribution is -0.132. The summed E-state index contributed by atoms with van der Waals surface area (Å²) in [4.78, 5) is 26.6. The van der Waals surface area contributed by atoms with Gasteiger partial charge in [-0.25, -0.2) is 0 Å². The highest BCUT2D eigenvalue weighted by Gasteiger charge is 2.29. The molecule has 0 bridgehead atoms. The minimum atomic E-state index is -0.370. The lowest BCUT2D eigenvalue weighted by Crippen LogP contribution is -2.45. The first-order valence-corrected chi connectivity index (χ1v) is 9.26. The number of likely N-dealkylation sites (tertiary alicyclic amines) is 1. The first-order chi connectivity index (χ1) is 11.4. The molecule has 5 nitrogen and oxygen atoms in total. The van der Waals surface area contributed by atoms with Gasteiger partial charge in [0.25, 0.3) is 0 Å². The molecule has 2 rings (SSSR count). The van der Waals surface area contributed by atoms with Crippen molar-refractivity contribution < 1.29 is 14.7 Å². The molecule has 3 atom stereocenters. The van der Waals surface area contributed by atoms with Crippen LogP contribution in [0.1, 0.15) is 33.6 Å². The molecule has 1 aliphatic heterocycles. The van der Waals surface area contributed by atoms with Crippen molar-refractivity contribution >= 4 is 29.3 Å². The van der Waals surface area contributed by atoms with Crippen molar-refractivity contribution in [2.75, 3.05) is 18.4 Å². The van der Waals surface area contributed by atoms with Crippen molar-refractivity contribution in [1.29, 1.82) is 0 Å². The first kappa shape index (κ1) is 18.8. The number of nitrogens with one attached hydrogen (secondary N) is 1. The van der Waals surface area contributed by atoms with Gasteiger partial charge >= 0.3 is 0 Å². The van der Waals surface area contributed by atoms with Gasteiger partial charge in [0, 0.05) is 36.5 Å². The number of aliphatic hydroxyl groups is 1. The van der Waals surface area contributed by atoms with Crippen LogP contribution >= 0.6 is 11.8 Å². The Morgan fingerprint density at radius 3 is 2.54 bits per heavy atom. The quantitative estimate of drug-likeness (QED) is 0.801. The molecule has 0 unspecified atom stereocenters. The van der Waals surface area contributed by atoms with Crippen LogP contribution in [0.4, 0.5) is 5.69 Å². The molecule has 1 heterocycles. The number of piperidine rings is 1. The molecular formula is C18H26N2O3S. The maximum Gasteiger partial charge on any atom is 0.235 e. The van der Waals surface area contributed by atoms with Crippen LogP contribution in [0.3, 0.4) is 0 Å². The van der Waals surface area contributed by atoms with Crippen molar-refractivity contribution in [3.05, 3.63) is 24.3 Å². The van der Waals surface area contributed by atoms with Gasteiger partial charge in [0.15, 0.2) is 0 Å². The number of hydrogen-bond donors (Lipinski definition) is 2. The average molecular weight is 350 g/mol. The zero-order chi connectivity index (χ0) is 17.7. The van der Waals surface area contributed by atoms with Gasteiger partial charge in [0.2, 0.25) is 11.8 Å². The number of aliphatic hydroxyl groups excluding tert-OH is 1. The van der Waals surface area contributed by atoms with Crippen molar-refractivity contribution in [2.24, 2.45) is 5.92 Å². The summed E-state index contributed by atoms with van der Waals surface area (Å²) >= 11 is 1.52. The fourth-order valence-corrected chi connectivity index (χ4v) is 3.89. The molecule has 0 aromatic heterocycles. The summed E-state index contributed by atoms with van der Waals surface area (Å²) < 4.78 is 0. The van der Waals surface area contributed by atoms with Crippen molar-refractivity contribution in [3.8, 4) is 0 Å². The van der Waals surface area contributed by atoms with Gasteiger partial charge in [0.1, 0.15) is 0 Å². The van der Waals surface area contributed by atoms with E-state index in [0.29, 0.717) is 6.54 Å². The zero-order valence-corrected chi connectivity index (χ0v) is 15.3. The number of carbonyl (C=O) groups excluding carboxylic acids is 2. The van der Waals surface area contributed by atoms with Gasteiger partial charge in [-0.2, -0.15) is 0 Å². The monoisotopic (exact) mass is 350 g/mol. The van der Waals surface area contributed by atoms with E-state index in [4.69, 9.17) is 0 Å². The second kappa shape index (κ2) is 8.53. The molecule has 1 aliphatic rings. The molecule has 0 radical (unpaired) electrons. The molecule has 2 N–H and O–H groups in total. The lowest BCUT2D eigenvalue weighted by Gasteiger charge is -2.35. The van der Waals surface area contributed by atoms with Crippen molar-refractivity contribution in [2.45, 2.75) is 49.9 Å².